The van der Waals surface area contributed by atoms with Crippen LogP contribution in [0, 0.1) is 6.92 Å². The van der Waals surface area contributed by atoms with E-state index < -0.39 is 6.10 Å². The van der Waals surface area contributed by atoms with Crippen LogP contribution in [-0.4, -0.2) is 11.0 Å². The number of amides is 1. The van der Waals surface area contributed by atoms with Crippen LogP contribution in [0.25, 0.3) is 0 Å². The molecule has 4 heteroatoms. The molecule has 3 nitrogen and oxygen atoms in total. The topological polar surface area (TPSA) is 49.3 Å². The summed E-state index contributed by atoms with van der Waals surface area (Å²) in [5.41, 5.74) is 2.48. The van der Waals surface area contributed by atoms with Crippen molar-refractivity contribution in [3.8, 4) is 0 Å². The highest BCUT2D eigenvalue weighted by atomic mass is 79.9. The average Bonchev–Trinajstić information content (AvgIpc) is 2.43. The Kier molecular flexibility index (Phi) is 4.93. The maximum atomic E-state index is 12.0. The first-order valence-electron chi connectivity index (χ1n) is 6.35. The summed E-state index contributed by atoms with van der Waals surface area (Å²) in [5.74, 6) is -0.206. The molecule has 0 aliphatic heterocycles. The van der Waals surface area contributed by atoms with Crippen molar-refractivity contribution in [2.24, 2.45) is 0 Å². The van der Waals surface area contributed by atoms with Gasteiger partial charge >= 0.3 is 0 Å². The minimum absolute atomic E-state index is 0.0377. The first-order valence-corrected chi connectivity index (χ1v) is 7.14. The van der Waals surface area contributed by atoms with Crippen LogP contribution in [0.3, 0.4) is 0 Å². The monoisotopic (exact) mass is 333 g/mol. The lowest BCUT2D eigenvalue weighted by molar-refractivity contribution is -0.118. The highest BCUT2D eigenvalue weighted by Crippen LogP contribution is 2.22. The molecule has 1 unspecified atom stereocenters. The zero-order valence-corrected chi connectivity index (χ0v) is 12.7. The molecule has 2 aromatic carbocycles. The third-order valence-electron chi connectivity index (χ3n) is 3.04. The summed E-state index contributed by atoms with van der Waals surface area (Å²) in [7, 11) is 0. The van der Waals surface area contributed by atoms with E-state index in [1.54, 1.807) is 0 Å². The molecule has 0 bridgehead atoms. The SMILES string of the molecule is Cc1ccc(Br)cc1NC(=O)CC(O)c1ccccc1. The van der Waals surface area contributed by atoms with Gasteiger partial charge in [0.05, 0.1) is 12.5 Å². The number of halogens is 1. The van der Waals surface area contributed by atoms with Gasteiger partial charge in [-0.25, -0.2) is 0 Å². The second-order valence-corrected chi connectivity index (χ2v) is 5.55. The van der Waals surface area contributed by atoms with Crippen molar-refractivity contribution in [3.63, 3.8) is 0 Å². The number of aliphatic hydroxyl groups excluding tert-OH is 1. The average molecular weight is 334 g/mol. The van der Waals surface area contributed by atoms with Gasteiger partial charge in [-0.15, -0.1) is 0 Å². The lowest BCUT2D eigenvalue weighted by Crippen LogP contribution is -2.16. The van der Waals surface area contributed by atoms with Gasteiger partial charge < -0.3 is 10.4 Å². The molecule has 0 radical (unpaired) electrons. The predicted octanol–water partition coefficient (Wildman–Crippen LogP) is 3.82. The molecule has 0 aromatic heterocycles. The minimum Gasteiger partial charge on any atom is -0.388 e. The Morgan fingerprint density at radius 2 is 1.95 bits per heavy atom. The fourth-order valence-corrected chi connectivity index (χ4v) is 2.26. The number of nitrogens with one attached hydrogen (secondary N) is 1. The fraction of sp³-hybridized carbons (Fsp3) is 0.188. The fourth-order valence-electron chi connectivity index (χ4n) is 1.90. The predicted molar refractivity (Wildman–Crippen MR) is 83.5 cm³/mol. The number of benzene rings is 2. The summed E-state index contributed by atoms with van der Waals surface area (Å²) < 4.78 is 0.905. The van der Waals surface area contributed by atoms with E-state index >= 15 is 0 Å². The van der Waals surface area contributed by atoms with Gasteiger partial charge in [-0.1, -0.05) is 52.3 Å². The van der Waals surface area contributed by atoms with Gasteiger partial charge in [0.25, 0.3) is 0 Å². The maximum absolute atomic E-state index is 12.0. The normalized spacial score (nSPS) is 11.9. The highest BCUT2D eigenvalue weighted by Gasteiger charge is 2.13. The summed E-state index contributed by atoms with van der Waals surface area (Å²) in [5, 5.41) is 12.8. The quantitative estimate of drug-likeness (QED) is 0.893. The molecule has 20 heavy (non-hydrogen) atoms. The van der Waals surface area contributed by atoms with Gasteiger partial charge in [0.1, 0.15) is 0 Å². The van der Waals surface area contributed by atoms with Crippen LogP contribution in [-0.2, 0) is 4.79 Å². The number of carbonyl (C=O) groups is 1. The van der Waals surface area contributed by atoms with E-state index in [0.717, 1.165) is 21.3 Å². The van der Waals surface area contributed by atoms with Crippen molar-refractivity contribution < 1.29 is 9.90 Å². The lowest BCUT2D eigenvalue weighted by Gasteiger charge is -2.12. The summed E-state index contributed by atoms with van der Waals surface area (Å²) in [4.78, 5) is 12.0. The van der Waals surface area contributed by atoms with E-state index in [4.69, 9.17) is 0 Å². The van der Waals surface area contributed by atoms with Crippen molar-refractivity contribution in [3.05, 3.63) is 64.1 Å². The van der Waals surface area contributed by atoms with Crippen LogP contribution in [0.4, 0.5) is 5.69 Å². The molecule has 2 rings (SSSR count). The Hall–Kier alpha value is -1.65. The van der Waals surface area contributed by atoms with E-state index in [1.807, 2.05) is 55.5 Å². The lowest BCUT2D eigenvalue weighted by atomic mass is 10.1. The van der Waals surface area contributed by atoms with E-state index in [1.165, 1.54) is 0 Å². The zero-order chi connectivity index (χ0) is 14.5. The van der Waals surface area contributed by atoms with Crippen LogP contribution in [0.15, 0.2) is 53.0 Å². The minimum atomic E-state index is -0.788. The Morgan fingerprint density at radius 3 is 2.65 bits per heavy atom. The highest BCUT2D eigenvalue weighted by molar-refractivity contribution is 9.10. The number of aliphatic hydroxyl groups is 1. The van der Waals surface area contributed by atoms with Gasteiger partial charge in [0.2, 0.25) is 5.91 Å². The van der Waals surface area contributed by atoms with Crippen molar-refractivity contribution in [1.29, 1.82) is 0 Å². The van der Waals surface area contributed by atoms with Crippen molar-refractivity contribution in [2.75, 3.05) is 5.32 Å². The molecule has 0 aliphatic carbocycles. The van der Waals surface area contributed by atoms with E-state index in [0.29, 0.717) is 0 Å². The van der Waals surface area contributed by atoms with Crippen LogP contribution < -0.4 is 5.32 Å². The molecule has 0 heterocycles. The number of carbonyl (C=O) groups excluding carboxylic acids is 1. The maximum Gasteiger partial charge on any atom is 0.227 e. The molecule has 2 N–H and O–H groups in total. The van der Waals surface area contributed by atoms with Crippen molar-refractivity contribution in [2.45, 2.75) is 19.4 Å². The Balaban J connectivity index is 2.01. The molecule has 0 saturated carbocycles. The van der Waals surface area contributed by atoms with Crippen molar-refractivity contribution >= 4 is 27.5 Å². The molecule has 0 fully saturated rings. The molecule has 2 aromatic rings. The zero-order valence-electron chi connectivity index (χ0n) is 11.1. The molecule has 104 valence electrons. The smallest absolute Gasteiger partial charge is 0.227 e. The molecular formula is C16H16BrNO2. The van der Waals surface area contributed by atoms with Crippen LogP contribution in [0.1, 0.15) is 23.7 Å². The van der Waals surface area contributed by atoms with Gasteiger partial charge in [-0.2, -0.15) is 0 Å². The first-order chi connectivity index (χ1) is 9.56. The van der Waals surface area contributed by atoms with Crippen LogP contribution in [0.2, 0.25) is 0 Å². The molecular weight excluding hydrogens is 318 g/mol. The summed E-state index contributed by atoms with van der Waals surface area (Å²) in [6, 6.07) is 14.9. The van der Waals surface area contributed by atoms with E-state index in [-0.39, 0.29) is 12.3 Å². The molecule has 0 spiro atoms. The van der Waals surface area contributed by atoms with Crippen LogP contribution in [0.5, 0.6) is 0 Å². The number of hydrogen-bond acceptors (Lipinski definition) is 2. The number of anilines is 1. The van der Waals surface area contributed by atoms with Gasteiger partial charge in [0, 0.05) is 10.2 Å². The number of rotatable bonds is 4. The Morgan fingerprint density at radius 1 is 1.25 bits per heavy atom. The largest absolute Gasteiger partial charge is 0.388 e. The second kappa shape index (κ2) is 6.68. The number of hydrogen-bond donors (Lipinski definition) is 2. The Bertz CT molecular complexity index is 599. The first kappa shape index (κ1) is 14.8. The van der Waals surface area contributed by atoms with Gasteiger partial charge in [0.15, 0.2) is 0 Å². The summed E-state index contributed by atoms with van der Waals surface area (Å²) in [6.07, 6.45) is -0.751. The third kappa shape index (κ3) is 3.92. The van der Waals surface area contributed by atoms with Gasteiger partial charge in [-0.3, -0.25) is 4.79 Å². The van der Waals surface area contributed by atoms with E-state index in [9.17, 15) is 9.90 Å². The summed E-state index contributed by atoms with van der Waals surface area (Å²) >= 11 is 3.37. The number of aryl methyl sites for hydroxylation is 1. The van der Waals surface area contributed by atoms with Gasteiger partial charge in [-0.05, 0) is 30.2 Å². The molecule has 0 saturated heterocycles. The standard InChI is InChI=1S/C16H16BrNO2/c1-11-7-8-13(17)9-14(11)18-16(20)10-15(19)12-5-3-2-4-6-12/h2-9,15,19H,10H2,1H3,(H,18,20). The third-order valence-corrected chi connectivity index (χ3v) is 3.53. The molecule has 1 atom stereocenters. The van der Waals surface area contributed by atoms with Crippen LogP contribution >= 0.6 is 15.9 Å². The second-order valence-electron chi connectivity index (χ2n) is 4.64. The van der Waals surface area contributed by atoms with E-state index in [2.05, 4.69) is 21.2 Å². The molecule has 1 amide bonds. The summed E-state index contributed by atoms with van der Waals surface area (Å²) in [6.45, 7) is 1.93. The Labute approximate surface area is 126 Å². The van der Waals surface area contributed by atoms with Crippen molar-refractivity contribution in [1.82, 2.24) is 0 Å². The molecule has 0 aliphatic rings.